The normalized spacial score (nSPS) is 45.8. The van der Waals surface area contributed by atoms with Crippen molar-refractivity contribution in [2.45, 2.75) is 37.8 Å². The van der Waals surface area contributed by atoms with E-state index in [4.69, 9.17) is 14.9 Å². The lowest BCUT2D eigenvalue weighted by Crippen LogP contribution is -2.52. The topological polar surface area (TPSA) is 69.9 Å². The SMILES string of the molecule is CC[C@@H]1OC[C@H](O)[C@H](O)[C@H]1O. The molecule has 11 heavy (non-hydrogen) atoms. The summed E-state index contributed by atoms with van der Waals surface area (Å²) in [6, 6.07) is 0. The van der Waals surface area contributed by atoms with E-state index in [1.54, 1.807) is 0 Å². The highest BCUT2D eigenvalue weighted by Crippen LogP contribution is 2.17. The molecule has 0 aromatic heterocycles. The molecule has 0 amide bonds. The Morgan fingerprint density at radius 1 is 1.27 bits per heavy atom. The first-order valence-electron chi connectivity index (χ1n) is 3.82. The predicted molar refractivity (Wildman–Crippen MR) is 38.1 cm³/mol. The molecule has 66 valence electrons. The maximum atomic E-state index is 9.27. The zero-order valence-electron chi connectivity index (χ0n) is 6.47. The van der Waals surface area contributed by atoms with Gasteiger partial charge in [0.1, 0.15) is 18.3 Å². The van der Waals surface area contributed by atoms with Crippen LogP contribution in [0.15, 0.2) is 0 Å². The molecule has 0 bridgehead atoms. The van der Waals surface area contributed by atoms with Gasteiger partial charge in [-0.3, -0.25) is 0 Å². The highest BCUT2D eigenvalue weighted by molar-refractivity contribution is 4.85. The molecule has 1 saturated heterocycles. The highest BCUT2D eigenvalue weighted by atomic mass is 16.5. The second kappa shape index (κ2) is 3.49. The first kappa shape index (κ1) is 8.93. The van der Waals surface area contributed by atoms with Gasteiger partial charge < -0.3 is 20.1 Å². The highest BCUT2D eigenvalue weighted by Gasteiger charge is 2.36. The third kappa shape index (κ3) is 1.70. The summed E-state index contributed by atoms with van der Waals surface area (Å²) in [5.41, 5.74) is 0. The molecule has 0 spiro atoms. The molecule has 1 fully saturated rings. The van der Waals surface area contributed by atoms with Crippen LogP contribution >= 0.6 is 0 Å². The largest absolute Gasteiger partial charge is 0.388 e. The van der Waals surface area contributed by atoms with Crippen molar-refractivity contribution in [3.63, 3.8) is 0 Å². The summed E-state index contributed by atoms with van der Waals surface area (Å²) in [6.07, 6.45) is -2.66. The van der Waals surface area contributed by atoms with Crippen LogP contribution in [0.3, 0.4) is 0 Å². The van der Waals surface area contributed by atoms with E-state index < -0.39 is 18.3 Å². The van der Waals surface area contributed by atoms with E-state index in [0.717, 1.165) is 0 Å². The van der Waals surface area contributed by atoms with Crippen LogP contribution < -0.4 is 0 Å². The van der Waals surface area contributed by atoms with Gasteiger partial charge in [0.25, 0.3) is 0 Å². The third-order valence-electron chi connectivity index (χ3n) is 2.01. The second-order valence-corrected chi connectivity index (χ2v) is 2.83. The number of aliphatic hydroxyl groups is 3. The monoisotopic (exact) mass is 162 g/mol. The Balaban J connectivity index is 2.52. The van der Waals surface area contributed by atoms with Gasteiger partial charge in [0.2, 0.25) is 0 Å². The van der Waals surface area contributed by atoms with E-state index >= 15 is 0 Å². The number of hydrogen-bond acceptors (Lipinski definition) is 4. The van der Waals surface area contributed by atoms with E-state index in [2.05, 4.69) is 0 Å². The Morgan fingerprint density at radius 2 is 1.91 bits per heavy atom. The zero-order chi connectivity index (χ0) is 8.43. The van der Waals surface area contributed by atoms with Crippen LogP contribution in [0.2, 0.25) is 0 Å². The van der Waals surface area contributed by atoms with Crippen molar-refractivity contribution in [3.8, 4) is 0 Å². The number of rotatable bonds is 1. The van der Waals surface area contributed by atoms with E-state index in [-0.39, 0.29) is 12.7 Å². The van der Waals surface area contributed by atoms with Crippen LogP contribution in [-0.2, 0) is 4.74 Å². The van der Waals surface area contributed by atoms with Crippen molar-refractivity contribution in [2.24, 2.45) is 0 Å². The Hall–Kier alpha value is -0.160. The fourth-order valence-corrected chi connectivity index (χ4v) is 1.23. The molecule has 1 rings (SSSR count). The van der Waals surface area contributed by atoms with Crippen molar-refractivity contribution in [2.75, 3.05) is 6.61 Å². The molecule has 0 radical (unpaired) electrons. The molecule has 4 heteroatoms. The molecule has 0 saturated carbocycles. The number of ether oxygens (including phenoxy) is 1. The Labute approximate surface area is 65.4 Å². The predicted octanol–water partition coefficient (Wildman–Crippen LogP) is -1.12. The van der Waals surface area contributed by atoms with Gasteiger partial charge in [-0.15, -0.1) is 0 Å². The molecule has 0 aromatic rings. The molecule has 1 aliphatic heterocycles. The second-order valence-electron chi connectivity index (χ2n) is 2.83. The molecule has 0 aromatic carbocycles. The zero-order valence-corrected chi connectivity index (χ0v) is 6.47. The summed E-state index contributed by atoms with van der Waals surface area (Å²) >= 11 is 0. The molecule has 0 aliphatic carbocycles. The first-order chi connectivity index (χ1) is 5.16. The summed E-state index contributed by atoms with van der Waals surface area (Å²) < 4.78 is 5.06. The van der Waals surface area contributed by atoms with Crippen LogP contribution in [0.25, 0.3) is 0 Å². The van der Waals surface area contributed by atoms with Gasteiger partial charge >= 0.3 is 0 Å². The molecule has 0 unspecified atom stereocenters. The summed E-state index contributed by atoms with van der Waals surface area (Å²) in [5.74, 6) is 0. The molecule has 3 N–H and O–H groups in total. The van der Waals surface area contributed by atoms with E-state index in [1.165, 1.54) is 0 Å². The molecular formula is C7H14O4. The van der Waals surface area contributed by atoms with Gasteiger partial charge in [0.15, 0.2) is 0 Å². The van der Waals surface area contributed by atoms with Crippen LogP contribution in [0, 0.1) is 0 Å². The van der Waals surface area contributed by atoms with Crippen LogP contribution in [0.1, 0.15) is 13.3 Å². The van der Waals surface area contributed by atoms with Crippen molar-refractivity contribution in [3.05, 3.63) is 0 Å². The molecule has 4 atom stereocenters. The van der Waals surface area contributed by atoms with Crippen molar-refractivity contribution in [1.29, 1.82) is 0 Å². The summed E-state index contributed by atoms with van der Waals surface area (Å²) in [7, 11) is 0. The maximum absolute atomic E-state index is 9.27. The smallest absolute Gasteiger partial charge is 0.111 e. The van der Waals surface area contributed by atoms with Gasteiger partial charge in [-0.05, 0) is 6.42 Å². The molecular weight excluding hydrogens is 148 g/mol. The fourth-order valence-electron chi connectivity index (χ4n) is 1.23. The lowest BCUT2D eigenvalue weighted by Gasteiger charge is -2.34. The van der Waals surface area contributed by atoms with Crippen molar-refractivity contribution in [1.82, 2.24) is 0 Å². The van der Waals surface area contributed by atoms with Crippen LogP contribution in [-0.4, -0.2) is 46.3 Å². The maximum Gasteiger partial charge on any atom is 0.111 e. The minimum absolute atomic E-state index is 0.108. The minimum Gasteiger partial charge on any atom is -0.388 e. The van der Waals surface area contributed by atoms with Gasteiger partial charge in [0.05, 0.1) is 12.7 Å². The Morgan fingerprint density at radius 3 is 2.45 bits per heavy atom. The Kier molecular flexibility index (Phi) is 2.84. The van der Waals surface area contributed by atoms with E-state index in [9.17, 15) is 5.11 Å². The summed E-state index contributed by atoms with van der Waals surface area (Å²) in [4.78, 5) is 0. The lowest BCUT2D eigenvalue weighted by molar-refractivity contribution is -0.187. The summed E-state index contributed by atoms with van der Waals surface area (Å²) in [5, 5.41) is 27.5. The fraction of sp³-hybridized carbons (Fsp3) is 1.00. The first-order valence-corrected chi connectivity index (χ1v) is 3.82. The number of hydrogen-bond donors (Lipinski definition) is 3. The Bertz CT molecular complexity index is 126. The third-order valence-corrected chi connectivity index (χ3v) is 2.01. The van der Waals surface area contributed by atoms with Gasteiger partial charge in [-0.2, -0.15) is 0 Å². The van der Waals surface area contributed by atoms with Gasteiger partial charge in [0, 0.05) is 0 Å². The van der Waals surface area contributed by atoms with E-state index in [0.29, 0.717) is 6.42 Å². The average Bonchev–Trinajstić information content (AvgIpc) is 2.01. The quantitative estimate of drug-likeness (QED) is 0.456. The standard InChI is InChI=1S/C7H14O4/c1-2-5-7(10)6(9)4(8)3-11-5/h4-10H,2-3H2,1H3/t4-,5-,6-,7-/m0/s1. The average molecular weight is 162 g/mol. The minimum atomic E-state index is -1.06. The van der Waals surface area contributed by atoms with Crippen LogP contribution in [0.5, 0.6) is 0 Å². The van der Waals surface area contributed by atoms with Crippen LogP contribution in [0.4, 0.5) is 0 Å². The van der Waals surface area contributed by atoms with Gasteiger partial charge in [-0.25, -0.2) is 0 Å². The van der Waals surface area contributed by atoms with Crippen molar-refractivity contribution >= 4 is 0 Å². The number of aliphatic hydroxyl groups excluding tert-OH is 3. The lowest BCUT2D eigenvalue weighted by atomic mass is 9.99. The summed E-state index contributed by atoms with van der Waals surface area (Å²) in [6.45, 7) is 1.97. The molecule has 4 nitrogen and oxygen atoms in total. The van der Waals surface area contributed by atoms with Crippen molar-refractivity contribution < 1.29 is 20.1 Å². The van der Waals surface area contributed by atoms with Gasteiger partial charge in [-0.1, -0.05) is 6.92 Å². The molecule has 1 aliphatic rings. The molecule has 1 heterocycles. The van der Waals surface area contributed by atoms with E-state index in [1.807, 2.05) is 6.92 Å².